The van der Waals surface area contributed by atoms with E-state index in [9.17, 15) is 9.90 Å². The van der Waals surface area contributed by atoms with Gasteiger partial charge in [0.25, 0.3) is 0 Å². The van der Waals surface area contributed by atoms with Crippen LogP contribution >= 0.6 is 11.3 Å². The van der Waals surface area contributed by atoms with Gasteiger partial charge in [0.15, 0.2) is 4.80 Å². The fourth-order valence-electron chi connectivity index (χ4n) is 2.09. The molecule has 6 nitrogen and oxygen atoms in total. The Hall–Kier alpha value is -1.64. The van der Waals surface area contributed by atoms with Gasteiger partial charge in [-0.3, -0.25) is 0 Å². The summed E-state index contributed by atoms with van der Waals surface area (Å²) in [6.07, 6.45) is 0. The van der Waals surface area contributed by atoms with E-state index in [0.717, 1.165) is 17.1 Å². The lowest BCUT2D eigenvalue weighted by molar-refractivity contribution is -0.0000244. The molecule has 132 valence electrons. The van der Waals surface area contributed by atoms with Crippen LogP contribution in [0.15, 0.2) is 29.3 Å². The van der Waals surface area contributed by atoms with E-state index in [4.69, 9.17) is 9.47 Å². The number of hydrogen-bond donors (Lipinski definition) is 1. The van der Waals surface area contributed by atoms with Gasteiger partial charge in [-0.05, 0) is 38.1 Å². The number of aromatic nitrogens is 1. The largest absolute Gasteiger partial charge is 1.00 e. The molecule has 1 heterocycles. The maximum Gasteiger partial charge on any atom is 0.350 e. The van der Waals surface area contributed by atoms with E-state index in [-0.39, 0.29) is 29.6 Å². The number of carbonyl (C=O) groups excluding carboxylic acids is 1. The van der Waals surface area contributed by atoms with Crippen LogP contribution in [0.2, 0.25) is 0 Å². The number of halogens is 1. The Kier molecular flexibility index (Phi) is 8.17. The first-order valence-corrected chi connectivity index (χ1v) is 8.09. The van der Waals surface area contributed by atoms with Crippen LogP contribution in [0, 0.1) is 6.92 Å². The molecule has 0 saturated carbocycles. The summed E-state index contributed by atoms with van der Waals surface area (Å²) in [5.74, 6) is 0.389. The Morgan fingerprint density at radius 1 is 1.33 bits per heavy atom. The summed E-state index contributed by atoms with van der Waals surface area (Å²) in [5, 5.41) is 9.26. The molecule has 1 aromatic heterocycles. The SMILES string of the molecule is CCOC(=O)c1sc(=Nc2ccc(OC)cc2)n(CCO)c1C.[Br-]. The summed E-state index contributed by atoms with van der Waals surface area (Å²) in [5.41, 5.74) is 1.49. The van der Waals surface area contributed by atoms with E-state index in [0.29, 0.717) is 22.8 Å². The maximum absolute atomic E-state index is 12.0. The highest BCUT2D eigenvalue weighted by atomic mass is 79.9. The molecular weight excluding hydrogens is 396 g/mol. The summed E-state index contributed by atoms with van der Waals surface area (Å²) >= 11 is 1.26. The first kappa shape index (κ1) is 20.4. The second-order valence-corrected chi connectivity index (χ2v) is 5.68. The number of esters is 1. The van der Waals surface area contributed by atoms with Crippen molar-refractivity contribution in [3.8, 4) is 5.75 Å². The quantitative estimate of drug-likeness (QED) is 0.631. The van der Waals surface area contributed by atoms with Gasteiger partial charge in [-0.15, -0.1) is 0 Å². The summed E-state index contributed by atoms with van der Waals surface area (Å²) in [4.78, 5) is 17.7. The van der Waals surface area contributed by atoms with Crippen molar-refractivity contribution in [1.82, 2.24) is 4.57 Å². The second kappa shape index (κ2) is 9.61. The molecule has 0 aliphatic rings. The Morgan fingerprint density at radius 3 is 2.54 bits per heavy atom. The predicted molar refractivity (Wildman–Crippen MR) is 88.3 cm³/mol. The number of nitrogens with zero attached hydrogens (tertiary/aromatic N) is 2. The van der Waals surface area contributed by atoms with Gasteiger partial charge < -0.3 is 36.1 Å². The molecule has 0 spiro atoms. The van der Waals surface area contributed by atoms with Crippen LogP contribution in [0.5, 0.6) is 5.75 Å². The number of ether oxygens (including phenoxy) is 2. The van der Waals surface area contributed by atoms with E-state index in [1.807, 2.05) is 35.8 Å². The van der Waals surface area contributed by atoms with Crippen molar-refractivity contribution in [2.75, 3.05) is 20.3 Å². The van der Waals surface area contributed by atoms with E-state index in [1.165, 1.54) is 11.3 Å². The average molecular weight is 416 g/mol. The van der Waals surface area contributed by atoms with Crippen LogP contribution in [0.1, 0.15) is 22.3 Å². The van der Waals surface area contributed by atoms with Crippen LogP contribution < -0.4 is 26.5 Å². The number of benzene rings is 1. The molecule has 2 aromatic rings. The molecule has 0 bridgehead atoms. The lowest BCUT2D eigenvalue weighted by Gasteiger charge is -2.04. The molecular formula is C16H20BrN2O4S-. The molecule has 0 amide bonds. The van der Waals surface area contributed by atoms with Gasteiger partial charge in [-0.25, -0.2) is 9.79 Å². The molecule has 0 aliphatic carbocycles. The number of aliphatic hydroxyl groups is 1. The monoisotopic (exact) mass is 415 g/mol. The van der Waals surface area contributed by atoms with Crippen LogP contribution in [0.25, 0.3) is 0 Å². The first-order chi connectivity index (χ1) is 11.1. The molecule has 8 heteroatoms. The molecule has 0 saturated heterocycles. The summed E-state index contributed by atoms with van der Waals surface area (Å²) in [7, 11) is 1.61. The lowest BCUT2D eigenvalue weighted by atomic mass is 10.3. The molecule has 1 N–H and O–H groups in total. The molecule has 0 aliphatic heterocycles. The highest BCUT2D eigenvalue weighted by molar-refractivity contribution is 7.11. The zero-order valence-corrected chi connectivity index (χ0v) is 16.2. The highest BCUT2D eigenvalue weighted by Gasteiger charge is 2.17. The fourth-order valence-corrected chi connectivity index (χ4v) is 3.16. The number of hydrogen-bond acceptors (Lipinski definition) is 6. The van der Waals surface area contributed by atoms with Gasteiger partial charge in [0, 0.05) is 12.2 Å². The van der Waals surface area contributed by atoms with Crippen LogP contribution in [-0.2, 0) is 11.3 Å². The predicted octanol–water partition coefficient (Wildman–Crippen LogP) is -0.728. The van der Waals surface area contributed by atoms with Gasteiger partial charge >= 0.3 is 5.97 Å². The fraction of sp³-hybridized carbons (Fsp3) is 0.375. The third-order valence-corrected chi connectivity index (χ3v) is 4.40. The van der Waals surface area contributed by atoms with Gasteiger partial charge in [0.05, 0.1) is 26.0 Å². The summed E-state index contributed by atoms with van der Waals surface area (Å²) in [6.45, 7) is 4.25. The number of methoxy groups -OCH3 is 1. The number of aliphatic hydroxyl groups excluding tert-OH is 1. The van der Waals surface area contributed by atoms with Crippen molar-refractivity contribution in [3.05, 3.63) is 39.6 Å². The summed E-state index contributed by atoms with van der Waals surface area (Å²) < 4.78 is 12.0. The van der Waals surface area contributed by atoms with Crippen molar-refractivity contribution < 1.29 is 36.4 Å². The molecule has 0 unspecified atom stereocenters. The third kappa shape index (κ3) is 4.68. The van der Waals surface area contributed by atoms with Crippen LogP contribution in [0.3, 0.4) is 0 Å². The lowest BCUT2D eigenvalue weighted by Crippen LogP contribution is -3.00. The Morgan fingerprint density at radius 2 is 2.00 bits per heavy atom. The average Bonchev–Trinajstić information content (AvgIpc) is 2.86. The van der Waals surface area contributed by atoms with Gasteiger partial charge in [0.1, 0.15) is 10.6 Å². The Bertz CT molecular complexity index is 738. The number of carbonyl (C=O) groups is 1. The molecule has 24 heavy (non-hydrogen) atoms. The molecule has 2 rings (SSSR count). The molecule has 0 radical (unpaired) electrons. The van der Waals surface area contributed by atoms with E-state index < -0.39 is 0 Å². The molecule has 0 fully saturated rings. The van der Waals surface area contributed by atoms with E-state index >= 15 is 0 Å². The van der Waals surface area contributed by atoms with Crippen LogP contribution in [-0.4, -0.2) is 36.0 Å². The Labute approximate surface area is 155 Å². The third-order valence-electron chi connectivity index (χ3n) is 3.24. The second-order valence-electron chi connectivity index (χ2n) is 4.70. The molecule has 0 atom stereocenters. The zero-order chi connectivity index (χ0) is 16.8. The van der Waals surface area contributed by atoms with Gasteiger partial charge in [0.2, 0.25) is 0 Å². The molecule has 1 aromatic carbocycles. The summed E-state index contributed by atoms with van der Waals surface area (Å²) in [6, 6.07) is 7.31. The topological polar surface area (TPSA) is 73.0 Å². The van der Waals surface area contributed by atoms with E-state index in [1.54, 1.807) is 14.0 Å². The van der Waals surface area contributed by atoms with Gasteiger partial charge in [-0.2, -0.15) is 0 Å². The minimum Gasteiger partial charge on any atom is -1.00 e. The minimum absolute atomic E-state index is 0. The minimum atomic E-state index is -0.363. The van der Waals surface area contributed by atoms with Crippen LogP contribution in [0.4, 0.5) is 5.69 Å². The van der Waals surface area contributed by atoms with Crippen molar-refractivity contribution >= 4 is 23.0 Å². The van der Waals surface area contributed by atoms with Crippen molar-refractivity contribution in [1.29, 1.82) is 0 Å². The Balaban J connectivity index is 0.00000288. The number of rotatable bonds is 6. The number of thiazole rings is 1. The smallest absolute Gasteiger partial charge is 0.350 e. The standard InChI is InChI=1S/C16H20N2O4S.BrH/c1-4-22-15(20)14-11(2)18(9-10-19)16(23-14)17-12-5-7-13(21-3)8-6-12;/h5-8,19H,4,9-10H2,1-3H3;1H/p-1. The normalized spacial score (nSPS) is 11.1. The first-order valence-electron chi connectivity index (χ1n) is 7.27. The van der Waals surface area contributed by atoms with Crippen molar-refractivity contribution in [3.63, 3.8) is 0 Å². The highest BCUT2D eigenvalue weighted by Crippen LogP contribution is 2.19. The van der Waals surface area contributed by atoms with Crippen molar-refractivity contribution in [2.45, 2.75) is 20.4 Å². The maximum atomic E-state index is 12.0. The van der Waals surface area contributed by atoms with Gasteiger partial charge in [-0.1, -0.05) is 11.3 Å². The zero-order valence-electron chi connectivity index (χ0n) is 13.8. The van der Waals surface area contributed by atoms with Crippen molar-refractivity contribution in [2.24, 2.45) is 4.99 Å². The van der Waals surface area contributed by atoms with E-state index in [2.05, 4.69) is 4.99 Å².